The fraction of sp³-hybridized carbons (Fsp3) is 0.273. The Morgan fingerprint density at radius 2 is 1.87 bits per heavy atom. The van der Waals surface area contributed by atoms with Crippen LogP contribution < -0.4 is 5.73 Å². The predicted octanol–water partition coefficient (Wildman–Crippen LogP) is 8.39. The number of hydrogen-bond acceptors (Lipinski definition) is 5. The largest absolute Gasteiger partial charge is 0.492 e. The second-order valence-corrected chi connectivity index (χ2v) is 11.4. The van der Waals surface area contributed by atoms with Crippen LogP contribution in [0.25, 0.3) is 44.6 Å². The number of rotatable bonds is 9. The quantitative estimate of drug-likeness (QED) is 0.166. The van der Waals surface area contributed by atoms with Crippen molar-refractivity contribution in [2.75, 3.05) is 6.61 Å². The fourth-order valence-corrected chi connectivity index (χ4v) is 5.82. The molecule has 1 aromatic carbocycles. The number of imidazole rings is 1. The lowest BCUT2D eigenvalue weighted by molar-refractivity contribution is 0.178. The van der Waals surface area contributed by atoms with Crippen molar-refractivity contribution in [2.24, 2.45) is 11.7 Å². The zero-order valence-electron chi connectivity index (χ0n) is 22.7. The molecule has 6 heteroatoms. The SMILES string of the molecule is C=C(C)/C=C\C=C(/C)c1nc[nH]c1-c1ccc2ncc(-c3csc(C(=C)OCC4CCC(N)CC4)c3)cc2c1. The Balaban J connectivity index is 1.33. The van der Waals surface area contributed by atoms with Gasteiger partial charge in [0.15, 0.2) is 0 Å². The van der Waals surface area contributed by atoms with Gasteiger partial charge in [-0.3, -0.25) is 4.98 Å². The lowest BCUT2D eigenvalue weighted by Crippen LogP contribution is -2.28. The molecule has 39 heavy (non-hydrogen) atoms. The van der Waals surface area contributed by atoms with Gasteiger partial charge >= 0.3 is 0 Å². The summed E-state index contributed by atoms with van der Waals surface area (Å²) in [6.07, 6.45) is 14.2. The Morgan fingerprint density at radius 1 is 1.08 bits per heavy atom. The summed E-state index contributed by atoms with van der Waals surface area (Å²) in [5.41, 5.74) is 14.3. The van der Waals surface area contributed by atoms with Crippen molar-refractivity contribution in [2.45, 2.75) is 45.6 Å². The number of hydrogen-bond donors (Lipinski definition) is 2. The van der Waals surface area contributed by atoms with Crippen molar-refractivity contribution in [3.63, 3.8) is 0 Å². The number of aromatic nitrogens is 3. The molecule has 3 aromatic heterocycles. The molecule has 0 radical (unpaired) electrons. The molecule has 1 aliphatic rings. The molecule has 5 nitrogen and oxygen atoms in total. The third kappa shape index (κ3) is 6.47. The van der Waals surface area contributed by atoms with Gasteiger partial charge in [-0.1, -0.05) is 43.0 Å². The van der Waals surface area contributed by atoms with Crippen LogP contribution in [0.15, 0.2) is 85.2 Å². The Hall–Kier alpha value is -3.74. The van der Waals surface area contributed by atoms with E-state index < -0.39 is 0 Å². The molecule has 3 heterocycles. The molecule has 200 valence electrons. The van der Waals surface area contributed by atoms with Crippen molar-refractivity contribution < 1.29 is 4.74 Å². The van der Waals surface area contributed by atoms with Crippen molar-refractivity contribution in [3.05, 3.63) is 95.8 Å². The maximum Gasteiger partial charge on any atom is 0.129 e. The summed E-state index contributed by atoms with van der Waals surface area (Å²) in [7, 11) is 0. The van der Waals surface area contributed by atoms with Gasteiger partial charge in [0, 0.05) is 28.8 Å². The second-order valence-electron chi connectivity index (χ2n) is 10.5. The minimum atomic E-state index is 0.354. The van der Waals surface area contributed by atoms with Crippen LogP contribution in [0.5, 0.6) is 0 Å². The number of ether oxygens (including phenoxy) is 1. The summed E-state index contributed by atoms with van der Waals surface area (Å²) in [5.74, 6) is 1.31. The molecule has 0 atom stereocenters. The number of nitrogens with zero attached hydrogens (tertiary/aromatic N) is 2. The average Bonchev–Trinajstić information content (AvgIpc) is 3.62. The highest BCUT2D eigenvalue weighted by atomic mass is 32.1. The molecule has 1 fully saturated rings. The van der Waals surface area contributed by atoms with Crippen LogP contribution >= 0.6 is 11.3 Å². The third-order valence-corrected chi connectivity index (χ3v) is 8.27. The molecule has 4 aromatic rings. The van der Waals surface area contributed by atoms with Crippen LogP contribution in [-0.4, -0.2) is 27.6 Å². The van der Waals surface area contributed by atoms with Gasteiger partial charge in [-0.2, -0.15) is 0 Å². The van der Waals surface area contributed by atoms with Crippen molar-refractivity contribution >= 4 is 33.6 Å². The van der Waals surface area contributed by atoms with E-state index in [1.807, 2.05) is 25.3 Å². The van der Waals surface area contributed by atoms with Gasteiger partial charge in [0.25, 0.3) is 0 Å². The van der Waals surface area contributed by atoms with E-state index in [-0.39, 0.29) is 0 Å². The summed E-state index contributed by atoms with van der Waals surface area (Å²) in [6.45, 7) is 12.9. The molecule has 1 aliphatic carbocycles. The topological polar surface area (TPSA) is 76.8 Å². The van der Waals surface area contributed by atoms with Gasteiger partial charge in [0.1, 0.15) is 5.76 Å². The van der Waals surface area contributed by atoms with E-state index in [1.165, 1.54) is 0 Å². The maximum absolute atomic E-state index is 6.08. The smallest absolute Gasteiger partial charge is 0.129 e. The number of allylic oxidation sites excluding steroid dienone is 5. The van der Waals surface area contributed by atoms with E-state index in [0.717, 1.165) is 86.4 Å². The van der Waals surface area contributed by atoms with Crippen molar-refractivity contribution in [1.82, 2.24) is 15.0 Å². The maximum atomic E-state index is 6.08. The van der Waals surface area contributed by atoms with E-state index in [1.54, 1.807) is 17.7 Å². The first-order valence-corrected chi connectivity index (χ1v) is 14.4. The number of fused-ring (bicyclic) bond motifs is 1. The summed E-state index contributed by atoms with van der Waals surface area (Å²) >= 11 is 1.66. The van der Waals surface area contributed by atoms with Gasteiger partial charge in [-0.25, -0.2) is 4.98 Å². The first kappa shape index (κ1) is 26.9. The molecule has 0 unspecified atom stereocenters. The zero-order chi connectivity index (χ0) is 27.4. The number of aromatic amines is 1. The third-order valence-electron chi connectivity index (χ3n) is 7.30. The Morgan fingerprint density at radius 3 is 2.67 bits per heavy atom. The Bertz CT molecular complexity index is 1550. The summed E-state index contributed by atoms with van der Waals surface area (Å²) in [5, 5.41) is 3.23. The van der Waals surface area contributed by atoms with Crippen LogP contribution in [0, 0.1) is 5.92 Å². The van der Waals surface area contributed by atoms with Crippen LogP contribution in [0.4, 0.5) is 0 Å². The van der Waals surface area contributed by atoms with E-state index in [2.05, 4.69) is 71.8 Å². The Kier molecular flexibility index (Phi) is 8.24. The molecule has 0 saturated heterocycles. The van der Waals surface area contributed by atoms with Crippen molar-refractivity contribution in [3.8, 4) is 22.4 Å². The highest BCUT2D eigenvalue weighted by Crippen LogP contribution is 2.34. The first-order chi connectivity index (χ1) is 18.9. The summed E-state index contributed by atoms with van der Waals surface area (Å²) in [6, 6.07) is 11.0. The minimum Gasteiger partial charge on any atom is -0.492 e. The second kappa shape index (κ2) is 12.0. The van der Waals surface area contributed by atoms with Gasteiger partial charge in [0.2, 0.25) is 0 Å². The molecule has 1 saturated carbocycles. The summed E-state index contributed by atoms with van der Waals surface area (Å²) < 4.78 is 6.08. The number of benzene rings is 1. The van der Waals surface area contributed by atoms with E-state index in [9.17, 15) is 0 Å². The highest BCUT2D eigenvalue weighted by Gasteiger charge is 2.19. The first-order valence-electron chi connectivity index (χ1n) is 13.5. The predicted molar refractivity (Wildman–Crippen MR) is 165 cm³/mol. The molecular weight excluding hydrogens is 500 g/mol. The zero-order valence-corrected chi connectivity index (χ0v) is 23.6. The molecule has 0 amide bonds. The normalized spacial score (nSPS) is 18.1. The molecule has 0 aliphatic heterocycles. The van der Waals surface area contributed by atoms with Crippen LogP contribution in [-0.2, 0) is 4.74 Å². The van der Waals surface area contributed by atoms with E-state index >= 15 is 0 Å². The number of H-pyrrole nitrogens is 1. The molecular formula is C33H36N4OS. The lowest BCUT2D eigenvalue weighted by Gasteiger charge is -2.26. The number of thiophene rings is 1. The summed E-state index contributed by atoms with van der Waals surface area (Å²) in [4.78, 5) is 13.7. The monoisotopic (exact) mass is 536 g/mol. The van der Waals surface area contributed by atoms with Gasteiger partial charge in [-0.05, 0) is 86.2 Å². The molecule has 0 bridgehead atoms. The van der Waals surface area contributed by atoms with Crippen LogP contribution in [0.2, 0.25) is 0 Å². The van der Waals surface area contributed by atoms with E-state index in [4.69, 9.17) is 15.5 Å². The van der Waals surface area contributed by atoms with Crippen LogP contribution in [0.1, 0.15) is 50.1 Å². The van der Waals surface area contributed by atoms with Gasteiger partial charge in [0.05, 0.1) is 34.7 Å². The molecule has 5 rings (SSSR count). The number of nitrogens with two attached hydrogens (primary N) is 1. The standard InChI is InChI=1S/C33H36N4OS/c1-21(2)6-5-7-22(3)32-33(37-20-36-32)25-10-13-30-26(14-25)15-27(17-35-30)28-16-31(39-19-28)23(4)38-18-24-8-11-29(34)12-9-24/h5-7,10,13-17,19-20,24,29H,1,4,8-9,11-12,18,34H2,2-3H3,(H,36,37)/b6-5-,22-7+. The van der Waals surface area contributed by atoms with Gasteiger partial charge in [-0.15, -0.1) is 11.3 Å². The highest BCUT2D eigenvalue weighted by molar-refractivity contribution is 7.11. The van der Waals surface area contributed by atoms with Crippen LogP contribution in [0.3, 0.4) is 0 Å². The molecule has 3 N–H and O–H groups in total. The molecule has 0 spiro atoms. The lowest BCUT2D eigenvalue weighted by atomic mass is 9.87. The average molecular weight is 537 g/mol. The fourth-order valence-electron chi connectivity index (χ4n) is 4.97. The number of nitrogens with one attached hydrogen (secondary N) is 1. The van der Waals surface area contributed by atoms with Crippen molar-refractivity contribution in [1.29, 1.82) is 0 Å². The number of pyridine rings is 1. The van der Waals surface area contributed by atoms with Gasteiger partial charge < -0.3 is 15.5 Å². The Labute approximate surface area is 234 Å². The van der Waals surface area contributed by atoms with E-state index in [0.29, 0.717) is 18.6 Å². The minimum absolute atomic E-state index is 0.354.